The fourth-order valence-electron chi connectivity index (χ4n) is 2.85. The number of sulfonamides is 1. The Morgan fingerprint density at radius 1 is 1.35 bits per heavy atom. The fourth-order valence-corrected chi connectivity index (χ4v) is 4.54. The Morgan fingerprint density at radius 3 is 2.71 bits per heavy atom. The van der Waals surface area contributed by atoms with Crippen molar-refractivity contribution < 1.29 is 8.42 Å². The number of nitrogen functional groups attached to an aromatic ring is 1. The molecule has 2 N–H and O–H groups in total. The second-order valence-corrected chi connectivity index (χ2v) is 6.72. The molecule has 1 saturated heterocycles. The molecule has 6 heteroatoms. The number of hydrogen-bond acceptors (Lipinski definition) is 4. The minimum absolute atomic E-state index is 0.197. The lowest BCUT2D eigenvalue weighted by Gasteiger charge is -2.25. The van der Waals surface area contributed by atoms with Crippen molar-refractivity contribution >= 4 is 15.8 Å². The van der Waals surface area contributed by atoms with Gasteiger partial charge in [0.25, 0.3) is 0 Å². The summed E-state index contributed by atoms with van der Waals surface area (Å²) in [6.07, 6.45) is 4.52. The number of fused-ring (bicyclic) bond motifs is 2. The van der Waals surface area contributed by atoms with Gasteiger partial charge in [0.1, 0.15) is 10.7 Å². The van der Waals surface area contributed by atoms with Crippen LogP contribution in [0.5, 0.6) is 0 Å². The van der Waals surface area contributed by atoms with E-state index < -0.39 is 10.0 Å². The molecule has 2 bridgehead atoms. The molecule has 2 heterocycles. The number of hydrogen-bond donors (Lipinski definition) is 1. The minimum atomic E-state index is -3.37. The van der Waals surface area contributed by atoms with Gasteiger partial charge in [-0.1, -0.05) is 0 Å². The predicted octanol–water partition coefficient (Wildman–Crippen LogP) is 0.837. The molecule has 2 aliphatic rings. The van der Waals surface area contributed by atoms with Gasteiger partial charge in [0.2, 0.25) is 10.0 Å². The lowest BCUT2D eigenvalue weighted by Crippen LogP contribution is -2.37. The van der Waals surface area contributed by atoms with Gasteiger partial charge >= 0.3 is 0 Å². The maximum Gasteiger partial charge on any atom is 0.244 e. The Kier molecular flexibility index (Phi) is 2.38. The van der Waals surface area contributed by atoms with Crippen molar-refractivity contribution in [3.8, 4) is 0 Å². The van der Waals surface area contributed by atoms with Gasteiger partial charge in [-0.2, -0.15) is 4.31 Å². The molecule has 2 atom stereocenters. The Hall–Kier alpha value is -1.14. The third-order valence-electron chi connectivity index (χ3n) is 3.72. The molecule has 0 radical (unpaired) electrons. The van der Waals surface area contributed by atoms with Crippen LogP contribution in [-0.4, -0.2) is 30.3 Å². The molecule has 1 aromatic heterocycles. The predicted molar refractivity (Wildman–Crippen MR) is 63.7 cm³/mol. The molecule has 5 nitrogen and oxygen atoms in total. The van der Waals surface area contributed by atoms with E-state index in [1.807, 2.05) is 0 Å². The summed E-state index contributed by atoms with van der Waals surface area (Å²) in [6.45, 7) is 0.664. The zero-order chi connectivity index (χ0) is 12.0. The van der Waals surface area contributed by atoms with Crippen LogP contribution in [0.3, 0.4) is 0 Å². The zero-order valence-electron chi connectivity index (χ0n) is 9.41. The molecule has 1 saturated carbocycles. The monoisotopic (exact) mass is 253 g/mol. The third-order valence-corrected chi connectivity index (χ3v) is 5.63. The van der Waals surface area contributed by atoms with Crippen LogP contribution in [0.15, 0.2) is 23.2 Å². The number of rotatable bonds is 2. The molecule has 1 aromatic rings. The van der Waals surface area contributed by atoms with Crippen LogP contribution in [0.1, 0.15) is 19.3 Å². The molecule has 1 aliphatic carbocycles. The molecule has 92 valence electrons. The van der Waals surface area contributed by atoms with Gasteiger partial charge in [0.05, 0.1) is 0 Å². The molecule has 3 rings (SSSR count). The summed E-state index contributed by atoms with van der Waals surface area (Å²) in [5.41, 5.74) is 5.46. The first-order valence-corrected chi connectivity index (χ1v) is 7.25. The van der Waals surface area contributed by atoms with Crippen molar-refractivity contribution in [2.75, 3.05) is 12.3 Å². The van der Waals surface area contributed by atoms with Crippen molar-refractivity contribution in [3.63, 3.8) is 0 Å². The summed E-state index contributed by atoms with van der Waals surface area (Å²) in [4.78, 5) is 4.10. The van der Waals surface area contributed by atoms with E-state index in [9.17, 15) is 8.42 Å². The van der Waals surface area contributed by atoms with E-state index in [-0.39, 0.29) is 10.9 Å². The number of nitrogens with zero attached hydrogens (tertiary/aromatic N) is 2. The molecular weight excluding hydrogens is 238 g/mol. The molecule has 2 fully saturated rings. The maximum atomic E-state index is 12.4. The number of piperidine rings is 1. The highest BCUT2D eigenvalue weighted by atomic mass is 32.2. The smallest absolute Gasteiger partial charge is 0.244 e. The molecule has 0 aromatic carbocycles. The Balaban J connectivity index is 1.93. The van der Waals surface area contributed by atoms with Crippen LogP contribution in [-0.2, 0) is 10.0 Å². The minimum Gasteiger partial charge on any atom is -0.384 e. The second kappa shape index (κ2) is 3.68. The maximum absolute atomic E-state index is 12.4. The van der Waals surface area contributed by atoms with Gasteiger partial charge < -0.3 is 5.73 Å². The first-order chi connectivity index (χ1) is 8.07. The van der Waals surface area contributed by atoms with E-state index in [1.165, 1.54) is 18.3 Å². The van der Waals surface area contributed by atoms with E-state index >= 15 is 0 Å². The van der Waals surface area contributed by atoms with Crippen molar-refractivity contribution in [1.29, 1.82) is 0 Å². The summed E-state index contributed by atoms with van der Waals surface area (Å²) in [6, 6.07) is 3.26. The normalized spacial score (nSPS) is 28.7. The number of pyridine rings is 1. The zero-order valence-corrected chi connectivity index (χ0v) is 10.2. The van der Waals surface area contributed by atoms with E-state index in [1.54, 1.807) is 4.31 Å². The van der Waals surface area contributed by atoms with Crippen LogP contribution in [0, 0.1) is 5.92 Å². The lowest BCUT2D eigenvalue weighted by molar-refractivity contribution is 0.333. The van der Waals surface area contributed by atoms with Crippen molar-refractivity contribution in [2.45, 2.75) is 30.2 Å². The first kappa shape index (κ1) is 11.0. The topological polar surface area (TPSA) is 76.3 Å². The summed E-state index contributed by atoms with van der Waals surface area (Å²) in [7, 11) is -3.37. The van der Waals surface area contributed by atoms with Gasteiger partial charge in [0.15, 0.2) is 0 Å². The summed E-state index contributed by atoms with van der Waals surface area (Å²) in [5.74, 6) is 0.892. The highest BCUT2D eigenvalue weighted by molar-refractivity contribution is 7.89. The number of nitrogens with two attached hydrogens (primary N) is 1. The third kappa shape index (κ3) is 1.71. The van der Waals surface area contributed by atoms with Gasteiger partial charge in [-0.25, -0.2) is 13.4 Å². The number of anilines is 1. The Bertz CT molecular complexity index is 526. The largest absolute Gasteiger partial charge is 0.384 e. The van der Waals surface area contributed by atoms with Crippen molar-refractivity contribution in [3.05, 3.63) is 18.3 Å². The molecule has 0 spiro atoms. The van der Waals surface area contributed by atoms with Crippen molar-refractivity contribution in [2.24, 2.45) is 5.92 Å². The molecule has 17 heavy (non-hydrogen) atoms. The average Bonchev–Trinajstić information content (AvgIpc) is 2.91. The van der Waals surface area contributed by atoms with E-state index in [2.05, 4.69) is 4.98 Å². The average molecular weight is 253 g/mol. The molecule has 1 aliphatic heterocycles. The van der Waals surface area contributed by atoms with Gasteiger partial charge in [-0.15, -0.1) is 0 Å². The molecule has 2 unspecified atom stereocenters. The lowest BCUT2D eigenvalue weighted by atomic mass is 10.1. The standard InChI is InChI=1S/C11H15N3O2S/c12-11-4-3-10(6-13-11)17(15,16)14-7-8-1-2-9(14)5-8/h3-4,6,8-9H,1-2,5,7H2,(H2,12,13). The van der Waals surface area contributed by atoms with Crippen LogP contribution in [0.25, 0.3) is 0 Å². The molecule has 0 amide bonds. The summed E-state index contributed by atoms with van der Waals surface area (Å²) >= 11 is 0. The fraction of sp³-hybridized carbons (Fsp3) is 0.545. The van der Waals surface area contributed by atoms with Crippen LogP contribution < -0.4 is 5.73 Å². The van der Waals surface area contributed by atoms with Gasteiger partial charge in [0, 0.05) is 18.8 Å². The first-order valence-electron chi connectivity index (χ1n) is 5.81. The van der Waals surface area contributed by atoms with Gasteiger partial charge in [-0.3, -0.25) is 0 Å². The quantitative estimate of drug-likeness (QED) is 0.847. The SMILES string of the molecule is Nc1ccc(S(=O)(=O)N2CC3CCC2C3)cn1. The Morgan fingerprint density at radius 2 is 2.18 bits per heavy atom. The van der Waals surface area contributed by atoms with E-state index in [0.29, 0.717) is 18.3 Å². The number of aromatic nitrogens is 1. The Labute approximate surface area is 101 Å². The summed E-state index contributed by atoms with van der Waals surface area (Å²) in [5, 5.41) is 0. The second-order valence-electron chi connectivity index (χ2n) is 4.83. The van der Waals surface area contributed by atoms with E-state index in [0.717, 1.165) is 19.3 Å². The molecular formula is C11H15N3O2S. The highest BCUT2D eigenvalue weighted by Crippen LogP contribution is 2.40. The van der Waals surface area contributed by atoms with Crippen LogP contribution >= 0.6 is 0 Å². The highest BCUT2D eigenvalue weighted by Gasteiger charge is 2.44. The summed E-state index contributed by atoms with van der Waals surface area (Å²) < 4.78 is 26.4. The van der Waals surface area contributed by atoms with Crippen LogP contribution in [0.4, 0.5) is 5.82 Å². The van der Waals surface area contributed by atoms with Crippen molar-refractivity contribution in [1.82, 2.24) is 9.29 Å². The van der Waals surface area contributed by atoms with E-state index in [4.69, 9.17) is 5.73 Å². The van der Waals surface area contributed by atoms with Gasteiger partial charge in [-0.05, 0) is 37.3 Å². The van der Waals surface area contributed by atoms with Crippen LogP contribution in [0.2, 0.25) is 0 Å².